The highest BCUT2D eigenvalue weighted by atomic mass is 35.5. The highest BCUT2D eigenvalue weighted by molar-refractivity contribution is 6.32. The molecule has 0 saturated carbocycles. The predicted molar refractivity (Wildman–Crippen MR) is 81.0 cm³/mol. The van der Waals surface area contributed by atoms with Crippen LogP contribution >= 0.6 is 11.6 Å². The molecule has 0 amide bonds. The number of anilines is 2. The van der Waals surface area contributed by atoms with E-state index in [1.165, 1.54) is 12.8 Å². The summed E-state index contributed by atoms with van der Waals surface area (Å²) in [5.41, 5.74) is 0.387. The smallest absolute Gasteiger partial charge is 0.224 e. The van der Waals surface area contributed by atoms with Crippen LogP contribution in [0.4, 0.5) is 11.8 Å². The molecular formula is C14H23ClN4. The Morgan fingerprint density at radius 2 is 1.95 bits per heavy atom. The molecule has 0 radical (unpaired) electrons. The average molecular weight is 283 g/mol. The van der Waals surface area contributed by atoms with E-state index in [0.717, 1.165) is 24.8 Å². The third-order valence-electron chi connectivity index (χ3n) is 3.97. The van der Waals surface area contributed by atoms with Crippen molar-refractivity contribution in [2.75, 3.05) is 30.4 Å². The first-order valence-corrected chi connectivity index (χ1v) is 7.25. The van der Waals surface area contributed by atoms with Crippen molar-refractivity contribution in [3.63, 3.8) is 0 Å². The van der Waals surface area contributed by atoms with E-state index < -0.39 is 0 Å². The van der Waals surface area contributed by atoms with Crippen molar-refractivity contribution < 1.29 is 0 Å². The molecule has 1 aliphatic heterocycles. The van der Waals surface area contributed by atoms with E-state index in [2.05, 4.69) is 41.0 Å². The molecule has 0 atom stereocenters. The van der Waals surface area contributed by atoms with Gasteiger partial charge in [-0.15, -0.1) is 0 Å². The maximum Gasteiger partial charge on any atom is 0.224 e. The van der Waals surface area contributed by atoms with Gasteiger partial charge >= 0.3 is 0 Å². The zero-order chi connectivity index (χ0) is 14.0. The Kier molecular flexibility index (Phi) is 4.19. The van der Waals surface area contributed by atoms with E-state index in [1.54, 1.807) is 6.20 Å². The number of rotatable bonds is 2. The average Bonchev–Trinajstić information content (AvgIpc) is 2.38. The van der Waals surface area contributed by atoms with Gasteiger partial charge in [-0.3, -0.25) is 0 Å². The third-order valence-corrected chi connectivity index (χ3v) is 4.24. The summed E-state index contributed by atoms with van der Waals surface area (Å²) >= 11 is 6.22. The van der Waals surface area contributed by atoms with Crippen LogP contribution in [0.15, 0.2) is 6.20 Å². The van der Waals surface area contributed by atoms with Gasteiger partial charge in [0.2, 0.25) is 5.95 Å². The minimum Gasteiger partial charge on any atom is -0.357 e. The molecular weight excluding hydrogens is 260 g/mol. The SMILES string of the molecule is CNc1ncc(Cl)c(N2CCC(C(C)(C)C)CC2)n1. The van der Waals surface area contributed by atoms with Gasteiger partial charge in [0.15, 0.2) is 5.82 Å². The lowest BCUT2D eigenvalue weighted by Crippen LogP contribution is -2.38. The summed E-state index contributed by atoms with van der Waals surface area (Å²) in [5, 5.41) is 3.59. The number of halogens is 1. The van der Waals surface area contributed by atoms with Gasteiger partial charge in [-0.25, -0.2) is 4.98 Å². The van der Waals surface area contributed by atoms with Crippen molar-refractivity contribution in [2.45, 2.75) is 33.6 Å². The molecule has 1 aliphatic rings. The second kappa shape index (κ2) is 5.53. The molecule has 0 aromatic carbocycles. The largest absolute Gasteiger partial charge is 0.357 e. The molecule has 0 spiro atoms. The number of nitrogens with one attached hydrogen (secondary N) is 1. The van der Waals surface area contributed by atoms with Crippen molar-refractivity contribution in [3.8, 4) is 0 Å². The summed E-state index contributed by atoms with van der Waals surface area (Å²) in [6.07, 6.45) is 4.06. The number of piperidine rings is 1. The van der Waals surface area contributed by atoms with Crippen molar-refractivity contribution in [2.24, 2.45) is 11.3 Å². The zero-order valence-electron chi connectivity index (χ0n) is 12.2. The van der Waals surface area contributed by atoms with E-state index in [9.17, 15) is 0 Å². The van der Waals surface area contributed by atoms with Gasteiger partial charge in [0, 0.05) is 20.1 Å². The summed E-state index contributed by atoms with van der Waals surface area (Å²) in [6, 6.07) is 0. The third kappa shape index (κ3) is 3.30. The van der Waals surface area contributed by atoms with Crippen LogP contribution in [-0.2, 0) is 0 Å². The van der Waals surface area contributed by atoms with E-state index in [4.69, 9.17) is 11.6 Å². The summed E-state index contributed by atoms with van der Waals surface area (Å²) in [5.74, 6) is 2.25. The molecule has 0 unspecified atom stereocenters. The molecule has 0 aliphatic carbocycles. The first-order chi connectivity index (χ1) is 8.91. The molecule has 1 N–H and O–H groups in total. The van der Waals surface area contributed by atoms with Crippen molar-refractivity contribution >= 4 is 23.4 Å². The lowest BCUT2D eigenvalue weighted by Gasteiger charge is -2.39. The second-order valence-corrected chi connectivity index (χ2v) is 6.65. The molecule has 0 bridgehead atoms. The molecule has 2 heterocycles. The topological polar surface area (TPSA) is 41.1 Å². The van der Waals surface area contributed by atoms with Gasteiger partial charge in [-0.1, -0.05) is 32.4 Å². The first-order valence-electron chi connectivity index (χ1n) is 6.87. The first kappa shape index (κ1) is 14.4. The lowest BCUT2D eigenvalue weighted by molar-refractivity contribution is 0.198. The minimum absolute atomic E-state index is 0.387. The van der Waals surface area contributed by atoms with Crippen molar-refractivity contribution in [1.82, 2.24) is 9.97 Å². The van der Waals surface area contributed by atoms with E-state index in [-0.39, 0.29) is 0 Å². The van der Waals surface area contributed by atoms with Crippen LogP contribution in [0.3, 0.4) is 0 Å². The summed E-state index contributed by atoms with van der Waals surface area (Å²) in [4.78, 5) is 10.9. The van der Waals surface area contributed by atoms with Crippen LogP contribution in [0, 0.1) is 11.3 Å². The predicted octanol–water partition coefficient (Wildman–Crippen LogP) is 3.43. The standard InChI is InChI=1S/C14H23ClN4/c1-14(2,3)10-5-7-19(8-6-10)12-11(15)9-17-13(16-4)18-12/h9-10H,5-8H2,1-4H3,(H,16,17,18). The zero-order valence-corrected chi connectivity index (χ0v) is 13.0. The fourth-order valence-electron chi connectivity index (χ4n) is 2.66. The summed E-state index contributed by atoms with van der Waals surface area (Å²) < 4.78 is 0. The van der Waals surface area contributed by atoms with Crippen LogP contribution in [0.1, 0.15) is 33.6 Å². The summed E-state index contributed by atoms with van der Waals surface area (Å²) in [6.45, 7) is 9.00. The number of aromatic nitrogens is 2. The highest BCUT2D eigenvalue weighted by Crippen LogP contribution is 2.36. The van der Waals surface area contributed by atoms with Gasteiger partial charge in [0.1, 0.15) is 5.02 Å². The van der Waals surface area contributed by atoms with Crippen LogP contribution in [0.25, 0.3) is 0 Å². The maximum atomic E-state index is 6.22. The lowest BCUT2D eigenvalue weighted by atomic mass is 9.75. The molecule has 1 fully saturated rings. The van der Waals surface area contributed by atoms with Gasteiger partial charge in [-0.2, -0.15) is 4.98 Å². The highest BCUT2D eigenvalue weighted by Gasteiger charge is 2.29. The van der Waals surface area contributed by atoms with Crippen molar-refractivity contribution in [3.05, 3.63) is 11.2 Å². The Labute approximate surface area is 120 Å². The monoisotopic (exact) mass is 282 g/mol. The van der Waals surface area contributed by atoms with E-state index in [0.29, 0.717) is 16.4 Å². The van der Waals surface area contributed by atoms with Crippen LogP contribution in [0.2, 0.25) is 5.02 Å². The van der Waals surface area contributed by atoms with Crippen LogP contribution < -0.4 is 10.2 Å². The fraction of sp³-hybridized carbons (Fsp3) is 0.714. The Morgan fingerprint density at radius 3 is 2.47 bits per heavy atom. The minimum atomic E-state index is 0.387. The van der Waals surface area contributed by atoms with Gasteiger partial charge in [-0.05, 0) is 24.2 Å². The Morgan fingerprint density at radius 1 is 1.32 bits per heavy atom. The fourth-order valence-corrected chi connectivity index (χ4v) is 2.87. The Hall–Kier alpha value is -1.03. The normalized spacial score (nSPS) is 17.6. The molecule has 1 saturated heterocycles. The molecule has 4 nitrogen and oxygen atoms in total. The molecule has 2 rings (SSSR count). The van der Waals surface area contributed by atoms with Crippen molar-refractivity contribution in [1.29, 1.82) is 0 Å². The quantitative estimate of drug-likeness (QED) is 0.902. The van der Waals surface area contributed by atoms with Gasteiger partial charge < -0.3 is 10.2 Å². The van der Waals surface area contributed by atoms with Crippen LogP contribution in [0.5, 0.6) is 0 Å². The van der Waals surface area contributed by atoms with Crippen LogP contribution in [-0.4, -0.2) is 30.1 Å². The molecule has 19 heavy (non-hydrogen) atoms. The Bertz CT molecular complexity index is 434. The number of hydrogen-bond donors (Lipinski definition) is 1. The molecule has 106 valence electrons. The van der Waals surface area contributed by atoms with Gasteiger partial charge in [0.25, 0.3) is 0 Å². The second-order valence-electron chi connectivity index (χ2n) is 6.24. The number of hydrogen-bond acceptors (Lipinski definition) is 4. The van der Waals surface area contributed by atoms with E-state index in [1.807, 2.05) is 7.05 Å². The maximum absolute atomic E-state index is 6.22. The molecule has 5 heteroatoms. The number of nitrogens with zero attached hydrogens (tertiary/aromatic N) is 3. The van der Waals surface area contributed by atoms with E-state index >= 15 is 0 Å². The molecule has 1 aromatic rings. The molecule has 1 aromatic heterocycles. The Balaban J connectivity index is 2.09. The summed E-state index contributed by atoms with van der Waals surface area (Å²) in [7, 11) is 1.82. The van der Waals surface area contributed by atoms with Gasteiger partial charge in [0.05, 0.1) is 6.20 Å².